The molecule has 1 aliphatic rings. The molecule has 1 fully saturated rings. The summed E-state index contributed by atoms with van der Waals surface area (Å²) in [6.45, 7) is 3.73. The zero-order chi connectivity index (χ0) is 13.1. The van der Waals surface area contributed by atoms with Crippen molar-refractivity contribution in [3.63, 3.8) is 0 Å². The van der Waals surface area contributed by atoms with E-state index < -0.39 is 6.10 Å². The fraction of sp³-hybridized carbons (Fsp3) is 0.571. The highest BCUT2D eigenvalue weighted by Crippen LogP contribution is 2.19. The molecule has 0 bridgehead atoms. The second kappa shape index (κ2) is 5.48. The van der Waals surface area contributed by atoms with Gasteiger partial charge < -0.3 is 10.4 Å². The monoisotopic (exact) mass is 248 g/mol. The van der Waals surface area contributed by atoms with E-state index in [1.807, 2.05) is 19.9 Å². The Morgan fingerprint density at radius 2 is 2.06 bits per heavy atom. The average molecular weight is 248 g/mol. The van der Waals surface area contributed by atoms with Crippen LogP contribution in [0.3, 0.4) is 0 Å². The van der Waals surface area contributed by atoms with Gasteiger partial charge in [-0.1, -0.05) is 12.8 Å². The number of aliphatic hydroxyl groups is 1. The Morgan fingerprint density at radius 1 is 1.33 bits per heavy atom. The summed E-state index contributed by atoms with van der Waals surface area (Å²) in [7, 11) is 0. The number of hydrogen-bond donors (Lipinski definition) is 2. The second-order valence-corrected chi connectivity index (χ2v) is 5.02. The van der Waals surface area contributed by atoms with Crippen molar-refractivity contribution in [2.75, 3.05) is 0 Å². The van der Waals surface area contributed by atoms with Crippen LogP contribution in [0.1, 0.15) is 47.4 Å². The molecule has 1 aromatic heterocycles. The van der Waals surface area contributed by atoms with Gasteiger partial charge in [0.25, 0.3) is 5.91 Å². The summed E-state index contributed by atoms with van der Waals surface area (Å²) in [4.78, 5) is 16.4. The van der Waals surface area contributed by atoms with Crippen LogP contribution in [0.4, 0.5) is 0 Å². The first-order valence-electron chi connectivity index (χ1n) is 6.51. The van der Waals surface area contributed by atoms with Gasteiger partial charge in [0.1, 0.15) is 0 Å². The van der Waals surface area contributed by atoms with Crippen LogP contribution >= 0.6 is 0 Å². The van der Waals surface area contributed by atoms with Crippen molar-refractivity contribution in [1.29, 1.82) is 0 Å². The predicted molar refractivity (Wildman–Crippen MR) is 69.4 cm³/mol. The number of aryl methyl sites for hydroxylation is 2. The molecule has 0 spiro atoms. The van der Waals surface area contributed by atoms with E-state index in [1.54, 1.807) is 6.07 Å². The first-order valence-corrected chi connectivity index (χ1v) is 6.51. The smallest absolute Gasteiger partial charge is 0.253 e. The molecule has 18 heavy (non-hydrogen) atoms. The Balaban J connectivity index is 2.07. The van der Waals surface area contributed by atoms with Crippen LogP contribution in [0.15, 0.2) is 12.1 Å². The fourth-order valence-electron chi connectivity index (χ4n) is 2.45. The molecule has 1 amide bonds. The molecular formula is C14H20N2O2. The molecule has 0 saturated heterocycles. The second-order valence-electron chi connectivity index (χ2n) is 5.02. The van der Waals surface area contributed by atoms with Crippen LogP contribution in [0, 0.1) is 13.8 Å². The summed E-state index contributed by atoms with van der Waals surface area (Å²) in [6.07, 6.45) is 3.31. The van der Waals surface area contributed by atoms with Crippen molar-refractivity contribution in [3.8, 4) is 0 Å². The van der Waals surface area contributed by atoms with Gasteiger partial charge in [-0.25, -0.2) is 0 Å². The number of carbonyl (C=O) groups excluding carboxylic acids is 1. The highest BCUT2D eigenvalue weighted by atomic mass is 16.3. The van der Waals surface area contributed by atoms with Crippen LogP contribution in [0.2, 0.25) is 0 Å². The molecule has 0 radical (unpaired) electrons. The lowest BCUT2D eigenvalue weighted by atomic mass is 9.92. The number of hydrogen-bond acceptors (Lipinski definition) is 3. The number of rotatable bonds is 2. The number of carbonyl (C=O) groups is 1. The summed E-state index contributed by atoms with van der Waals surface area (Å²) in [5, 5.41) is 12.8. The third-order valence-electron chi connectivity index (χ3n) is 3.52. The largest absolute Gasteiger partial charge is 0.391 e. The van der Waals surface area contributed by atoms with Crippen molar-refractivity contribution in [2.45, 2.75) is 51.7 Å². The fourth-order valence-corrected chi connectivity index (χ4v) is 2.45. The minimum atomic E-state index is -0.415. The van der Waals surface area contributed by atoms with E-state index in [0.717, 1.165) is 37.1 Å². The zero-order valence-corrected chi connectivity index (χ0v) is 10.9. The summed E-state index contributed by atoms with van der Waals surface area (Å²) < 4.78 is 0. The van der Waals surface area contributed by atoms with Gasteiger partial charge in [0, 0.05) is 5.69 Å². The van der Waals surface area contributed by atoms with Crippen molar-refractivity contribution in [3.05, 3.63) is 29.1 Å². The van der Waals surface area contributed by atoms with Crippen LogP contribution in [0.5, 0.6) is 0 Å². The van der Waals surface area contributed by atoms with Gasteiger partial charge in [0.2, 0.25) is 0 Å². The molecule has 1 aliphatic carbocycles. The third kappa shape index (κ3) is 2.88. The van der Waals surface area contributed by atoms with E-state index in [4.69, 9.17) is 0 Å². The number of aliphatic hydroxyl groups excluding tert-OH is 1. The Labute approximate surface area is 107 Å². The predicted octanol–water partition coefficient (Wildman–Crippen LogP) is 1.73. The first kappa shape index (κ1) is 13.0. The summed E-state index contributed by atoms with van der Waals surface area (Å²) in [5.41, 5.74) is 2.23. The highest BCUT2D eigenvalue weighted by Gasteiger charge is 2.25. The molecule has 1 heterocycles. The molecule has 1 saturated carbocycles. The number of amides is 1. The molecule has 4 nitrogen and oxygen atoms in total. The van der Waals surface area contributed by atoms with Crippen LogP contribution in [-0.4, -0.2) is 28.1 Å². The maximum absolute atomic E-state index is 12.1. The quantitative estimate of drug-likeness (QED) is 0.838. The maximum atomic E-state index is 12.1. The molecule has 2 N–H and O–H groups in total. The number of aromatic nitrogens is 1. The van der Waals surface area contributed by atoms with E-state index >= 15 is 0 Å². The van der Waals surface area contributed by atoms with Crippen molar-refractivity contribution >= 4 is 5.91 Å². The van der Waals surface area contributed by atoms with E-state index in [9.17, 15) is 9.90 Å². The van der Waals surface area contributed by atoms with Gasteiger partial charge >= 0.3 is 0 Å². The Bertz CT molecular complexity index is 445. The summed E-state index contributed by atoms with van der Waals surface area (Å²) in [6, 6.07) is 3.51. The lowest BCUT2D eigenvalue weighted by Crippen LogP contribution is -2.45. The molecule has 0 aromatic carbocycles. The van der Waals surface area contributed by atoms with E-state index in [0.29, 0.717) is 5.56 Å². The third-order valence-corrected chi connectivity index (χ3v) is 3.52. The van der Waals surface area contributed by atoms with Crippen LogP contribution in [0.25, 0.3) is 0 Å². The molecule has 4 heteroatoms. The van der Waals surface area contributed by atoms with Crippen molar-refractivity contribution in [2.24, 2.45) is 0 Å². The van der Waals surface area contributed by atoms with Gasteiger partial charge in [0.15, 0.2) is 0 Å². The topological polar surface area (TPSA) is 62.2 Å². The lowest BCUT2D eigenvalue weighted by Gasteiger charge is -2.28. The van der Waals surface area contributed by atoms with Crippen LogP contribution in [-0.2, 0) is 0 Å². The van der Waals surface area contributed by atoms with Gasteiger partial charge in [0.05, 0.1) is 23.4 Å². The van der Waals surface area contributed by atoms with Crippen LogP contribution < -0.4 is 5.32 Å². The number of nitrogens with one attached hydrogen (secondary N) is 1. The molecule has 1 aromatic rings. The minimum Gasteiger partial charge on any atom is -0.391 e. The average Bonchev–Trinajstić information content (AvgIpc) is 2.32. The van der Waals surface area contributed by atoms with Gasteiger partial charge in [-0.2, -0.15) is 0 Å². The van der Waals surface area contributed by atoms with Gasteiger partial charge in [-0.15, -0.1) is 0 Å². The molecular weight excluding hydrogens is 228 g/mol. The zero-order valence-electron chi connectivity index (χ0n) is 10.9. The minimum absolute atomic E-state index is 0.119. The molecule has 2 rings (SSSR count). The Morgan fingerprint density at radius 3 is 2.72 bits per heavy atom. The molecule has 0 aliphatic heterocycles. The van der Waals surface area contributed by atoms with E-state index in [1.165, 1.54) is 0 Å². The summed E-state index contributed by atoms with van der Waals surface area (Å²) >= 11 is 0. The Hall–Kier alpha value is -1.42. The van der Waals surface area contributed by atoms with E-state index in [2.05, 4.69) is 10.3 Å². The normalized spacial score (nSPS) is 23.7. The SMILES string of the molecule is Cc1ccc(C(=O)NC2CCCCC2O)c(C)n1. The number of nitrogens with zero attached hydrogens (tertiary/aromatic N) is 1. The van der Waals surface area contributed by atoms with Crippen molar-refractivity contribution < 1.29 is 9.90 Å². The molecule has 2 unspecified atom stereocenters. The van der Waals surface area contributed by atoms with E-state index in [-0.39, 0.29) is 11.9 Å². The highest BCUT2D eigenvalue weighted by molar-refractivity contribution is 5.95. The Kier molecular flexibility index (Phi) is 3.97. The maximum Gasteiger partial charge on any atom is 0.253 e. The number of pyridine rings is 1. The summed E-state index contributed by atoms with van der Waals surface area (Å²) in [5.74, 6) is -0.133. The lowest BCUT2D eigenvalue weighted by molar-refractivity contribution is 0.0716. The first-order chi connectivity index (χ1) is 8.58. The molecule has 2 atom stereocenters. The van der Waals surface area contributed by atoms with Gasteiger partial charge in [-0.3, -0.25) is 9.78 Å². The van der Waals surface area contributed by atoms with Gasteiger partial charge in [-0.05, 0) is 38.8 Å². The molecule has 98 valence electrons. The standard InChI is InChI=1S/C14H20N2O2/c1-9-7-8-11(10(2)15-9)14(18)16-12-5-3-4-6-13(12)17/h7-8,12-13,17H,3-6H2,1-2H3,(H,16,18). The van der Waals surface area contributed by atoms with Crippen molar-refractivity contribution in [1.82, 2.24) is 10.3 Å².